The van der Waals surface area contributed by atoms with Crippen molar-refractivity contribution < 1.29 is 14.6 Å². The number of nitrogen functional groups attached to an aromatic ring is 1. The number of ether oxygens (including phenoxy) is 1. The lowest BCUT2D eigenvalue weighted by Gasteiger charge is -2.47. The molecule has 2 rings (SSSR count). The van der Waals surface area contributed by atoms with Crippen LogP contribution < -0.4 is 10.6 Å². The minimum absolute atomic E-state index is 0.124. The van der Waals surface area contributed by atoms with Crippen molar-refractivity contribution in [2.24, 2.45) is 0 Å². The van der Waals surface area contributed by atoms with Crippen molar-refractivity contribution in [1.82, 2.24) is 4.98 Å². The Balaban J connectivity index is 2.43. The minimum atomic E-state index is -1.03. The van der Waals surface area contributed by atoms with Gasteiger partial charge in [0.05, 0.1) is 23.1 Å². The van der Waals surface area contributed by atoms with Crippen molar-refractivity contribution in [3.8, 4) is 0 Å². The number of hydrogen-bond donors (Lipinski definition) is 2. The highest BCUT2D eigenvalue weighted by Crippen LogP contribution is 2.32. The van der Waals surface area contributed by atoms with Gasteiger partial charge in [0.25, 0.3) is 0 Å². The van der Waals surface area contributed by atoms with Gasteiger partial charge in [0.1, 0.15) is 11.4 Å². The van der Waals surface area contributed by atoms with Crippen LogP contribution in [0, 0.1) is 0 Å². The van der Waals surface area contributed by atoms with Gasteiger partial charge in [-0.3, -0.25) is 0 Å². The molecule has 1 saturated heterocycles. The van der Waals surface area contributed by atoms with Gasteiger partial charge in [-0.05, 0) is 33.8 Å². The van der Waals surface area contributed by atoms with E-state index < -0.39 is 5.97 Å². The first kappa shape index (κ1) is 14.6. The summed E-state index contributed by atoms with van der Waals surface area (Å²) in [6.45, 7) is 9.09. The zero-order chi connectivity index (χ0) is 15.1. The Morgan fingerprint density at radius 2 is 1.90 bits per heavy atom. The van der Waals surface area contributed by atoms with Crippen LogP contribution in [0.25, 0.3) is 0 Å². The summed E-state index contributed by atoms with van der Waals surface area (Å²) in [5.74, 6) is -0.585. The van der Waals surface area contributed by atoms with E-state index >= 15 is 0 Å². The molecule has 110 valence electrons. The maximum Gasteiger partial charge on any atom is 0.339 e. The molecule has 6 nitrogen and oxygen atoms in total. The van der Waals surface area contributed by atoms with Crippen LogP contribution in [0.3, 0.4) is 0 Å². The van der Waals surface area contributed by atoms with Crippen LogP contribution in [-0.2, 0) is 4.74 Å². The molecule has 0 amide bonds. The second-order valence-electron chi connectivity index (χ2n) is 6.42. The normalized spacial score (nSPS) is 20.7. The predicted octanol–water partition coefficient (Wildman–Crippen LogP) is 1.76. The van der Waals surface area contributed by atoms with E-state index in [1.807, 2.05) is 32.6 Å². The Hall–Kier alpha value is -1.82. The number of aromatic nitrogens is 1. The van der Waals surface area contributed by atoms with Gasteiger partial charge < -0.3 is 20.5 Å². The molecule has 6 heteroatoms. The summed E-state index contributed by atoms with van der Waals surface area (Å²) in [4.78, 5) is 17.6. The number of morpholine rings is 1. The number of nitrogens with zero attached hydrogens (tertiary/aromatic N) is 2. The summed E-state index contributed by atoms with van der Waals surface area (Å²) in [5, 5.41) is 9.33. The van der Waals surface area contributed by atoms with Crippen molar-refractivity contribution >= 4 is 17.5 Å². The maximum absolute atomic E-state index is 11.4. The van der Waals surface area contributed by atoms with Gasteiger partial charge in [0.15, 0.2) is 0 Å². The second kappa shape index (κ2) is 4.63. The molecule has 1 fully saturated rings. The maximum atomic E-state index is 11.4. The highest BCUT2D eigenvalue weighted by Gasteiger charge is 2.39. The largest absolute Gasteiger partial charge is 0.478 e. The fourth-order valence-corrected chi connectivity index (χ4v) is 2.82. The lowest BCUT2D eigenvalue weighted by Crippen LogP contribution is -2.57. The Morgan fingerprint density at radius 3 is 2.40 bits per heavy atom. The summed E-state index contributed by atoms with van der Waals surface area (Å²) in [7, 11) is 0. The number of anilines is 2. The van der Waals surface area contributed by atoms with E-state index in [0.717, 1.165) is 0 Å². The van der Waals surface area contributed by atoms with Crippen LogP contribution in [0.15, 0.2) is 12.3 Å². The van der Waals surface area contributed by atoms with Crippen LogP contribution in [0.1, 0.15) is 38.1 Å². The Labute approximate surface area is 118 Å². The van der Waals surface area contributed by atoms with E-state index in [1.54, 1.807) is 0 Å². The fraction of sp³-hybridized carbons (Fsp3) is 0.571. The van der Waals surface area contributed by atoms with Crippen molar-refractivity contribution in [2.75, 3.05) is 23.7 Å². The molecule has 3 N–H and O–H groups in total. The van der Waals surface area contributed by atoms with E-state index in [0.29, 0.717) is 24.6 Å². The Morgan fingerprint density at radius 1 is 1.35 bits per heavy atom. The lowest BCUT2D eigenvalue weighted by molar-refractivity contribution is -0.133. The molecule has 1 aromatic rings. The number of nitrogens with two attached hydrogens (primary N) is 1. The molecular formula is C14H21N3O3. The van der Waals surface area contributed by atoms with Gasteiger partial charge in [-0.2, -0.15) is 0 Å². The van der Waals surface area contributed by atoms with E-state index in [9.17, 15) is 9.90 Å². The quantitative estimate of drug-likeness (QED) is 0.857. The first-order valence-corrected chi connectivity index (χ1v) is 6.54. The van der Waals surface area contributed by atoms with Gasteiger partial charge in [0, 0.05) is 13.1 Å². The molecule has 20 heavy (non-hydrogen) atoms. The smallest absolute Gasteiger partial charge is 0.339 e. The van der Waals surface area contributed by atoms with E-state index in [1.165, 1.54) is 12.3 Å². The number of aromatic carboxylic acids is 1. The average molecular weight is 279 g/mol. The van der Waals surface area contributed by atoms with Crippen LogP contribution in [-0.4, -0.2) is 40.4 Å². The summed E-state index contributed by atoms with van der Waals surface area (Å²) >= 11 is 0. The van der Waals surface area contributed by atoms with Crippen molar-refractivity contribution in [3.63, 3.8) is 0 Å². The summed E-state index contributed by atoms with van der Waals surface area (Å²) < 4.78 is 6.00. The monoisotopic (exact) mass is 279 g/mol. The molecule has 1 aliphatic heterocycles. The molecule has 0 spiro atoms. The molecule has 1 aromatic heterocycles. The van der Waals surface area contributed by atoms with Crippen molar-refractivity contribution in [1.29, 1.82) is 0 Å². The molecule has 0 unspecified atom stereocenters. The molecule has 0 aliphatic carbocycles. The zero-order valence-electron chi connectivity index (χ0n) is 12.3. The molecule has 2 heterocycles. The lowest BCUT2D eigenvalue weighted by atomic mass is 9.98. The first-order chi connectivity index (χ1) is 9.10. The molecular weight excluding hydrogens is 258 g/mol. The molecule has 0 atom stereocenters. The van der Waals surface area contributed by atoms with Gasteiger partial charge in [-0.1, -0.05) is 0 Å². The molecule has 0 aromatic carbocycles. The van der Waals surface area contributed by atoms with E-state index in [-0.39, 0.29) is 16.8 Å². The number of pyridine rings is 1. The third-order valence-electron chi connectivity index (χ3n) is 3.11. The van der Waals surface area contributed by atoms with Crippen LogP contribution >= 0.6 is 0 Å². The molecule has 0 bridgehead atoms. The third-order valence-corrected chi connectivity index (χ3v) is 3.11. The number of carboxylic acids is 1. The standard InChI is InChI=1S/C14H21N3O3/c1-13(2)7-17(8-14(3,4)20-13)11-10(12(18)19)5-9(15)6-16-11/h5-6H,7-8,15H2,1-4H3,(H,18,19). The molecule has 0 saturated carbocycles. The first-order valence-electron chi connectivity index (χ1n) is 6.54. The number of hydrogen-bond acceptors (Lipinski definition) is 5. The van der Waals surface area contributed by atoms with Crippen molar-refractivity contribution in [3.05, 3.63) is 17.8 Å². The highest BCUT2D eigenvalue weighted by molar-refractivity contribution is 5.94. The van der Waals surface area contributed by atoms with Gasteiger partial charge >= 0.3 is 5.97 Å². The Bertz CT molecular complexity index is 524. The fourth-order valence-electron chi connectivity index (χ4n) is 2.82. The average Bonchev–Trinajstić information content (AvgIpc) is 2.24. The molecule has 1 aliphatic rings. The second-order valence-corrected chi connectivity index (χ2v) is 6.42. The minimum Gasteiger partial charge on any atom is -0.478 e. The Kier molecular flexibility index (Phi) is 3.37. The zero-order valence-corrected chi connectivity index (χ0v) is 12.3. The number of carboxylic acid groups (broad SMARTS) is 1. The summed E-state index contributed by atoms with van der Waals surface area (Å²) in [6, 6.07) is 1.44. The number of rotatable bonds is 2. The van der Waals surface area contributed by atoms with Crippen LogP contribution in [0.4, 0.5) is 11.5 Å². The molecule has 0 radical (unpaired) electrons. The van der Waals surface area contributed by atoms with Gasteiger partial charge in [-0.15, -0.1) is 0 Å². The van der Waals surface area contributed by atoms with Crippen LogP contribution in [0.2, 0.25) is 0 Å². The number of carbonyl (C=O) groups is 1. The highest BCUT2D eigenvalue weighted by atomic mass is 16.5. The SMILES string of the molecule is CC1(C)CN(c2ncc(N)cc2C(=O)O)CC(C)(C)O1. The predicted molar refractivity (Wildman–Crippen MR) is 77.1 cm³/mol. The van der Waals surface area contributed by atoms with Gasteiger partial charge in [-0.25, -0.2) is 9.78 Å². The third kappa shape index (κ3) is 3.01. The van der Waals surface area contributed by atoms with Crippen LogP contribution in [0.5, 0.6) is 0 Å². The topological polar surface area (TPSA) is 88.7 Å². The van der Waals surface area contributed by atoms with E-state index in [2.05, 4.69) is 4.98 Å². The van der Waals surface area contributed by atoms with Crippen molar-refractivity contribution in [2.45, 2.75) is 38.9 Å². The van der Waals surface area contributed by atoms with E-state index in [4.69, 9.17) is 10.5 Å². The van der Waals surface area contributed by atoms with Gasteiger partial charge in [0.2, 0.25) is 0 Å². The summed E-state index contributed by atoms with van der Waals surface area (Å²) in [5.41, 5.74) is 5.35. The summed E-state index contributed by atoms with van der Waals surface area (Å²) in [6.07, 6.45) is 1.48.